The number of carbonyl (C=O) groups is 4. The van der Waals surface area contributed by atoms with Crippen molar-refractivity contribution in [2.24, 2.45) is 4.99 Å². The molecule has 1 aromatic carbocycles. The van der Waals surface area contributed by atoms with Crippen molar-refractivity contribution in [3.05, 3.63) is 35.6 Å². The summed E-state index contributed by atoms with van der Waals surface area (Å²) in [7, 11) is 2.87. The van der Waals surface area contributed by atoms with Gasteiger partial charge in [0.1, 0.15) is 12.4 Å². The summed E-state index contributed by atoms with van der Waals surface area (Å²) >= 11 is 0. The predicted octanol–water partition coefficient (Wildman–Crippen LogP) is 0.114. The number of urea groups is 1. The Morgan fingerprint density at radius 2 is 1.85 bits per heavy atom. The monoisotopic (exact) mass is 376 g/mol. The van der Waals surface area contributed by atoms with Gasteiger partial charge in [-0.3, -0.25) is 19.3 Å². The molecule has 0 saturated carbocycles. The summed E-state index contributed by atoms with van der Waals surface area (Å²) in [5, 5.41) is 0. The topological polar surface area (TPSA) is 99.6 Å². The van der Waals surface area contributed by atoms with Crippen molar-refractivity contribution < 1.29 is 28.3 Å². The maximum Gasteiger partial charge on any atom is 0.328 e. The van der Waals surface area contributed by atoms with Crippen LogP contribution in [-0.2, 0) is 14.3 Å². The highest BCUT2D eigenvalue weighted by Gasteiger charge is 2.48. The molecule has 2 heterocycles. The van der Waals surface area contributed by atoms with Gasteiger partial charge in [-0.1, -0.05) is 0 Å². The van der Waals surface area contributed by atoms with Crippen LogP contribution in [-0.4, -0.2) is 84.2 Å². The average Bonchev–Trinajstić information content (AvgIpc) is 3.07. The SMILES string of the molecule is CN1C(=O)C2C(N=CN2CC(=O)OCC(=O)c2ccc(F)cc2)N(C)C1=O. The lowest BCUT2D eigenvalue weighted by Crippen LogP contribution is -2.64. The van der Waals surface area contributed by atoms with E-state index in [1.165, 1.54) is 42.4 Å². The van der Waals surface area contributed by atoms with E-state index in [2.05, 4.69) is 4.99 Å². The van der Waals surface area contributed by atoms with Crippen LogP contribution in [0.1, 0.15) is 10.4 Å². The number of Topliss-reactive ketones (excluding diaryl/α,β-unsaturated/α-hetero) is 1. The van der Waals surface area contributed by atoms with E-state index in [4.69, 9.17) is 4.74 Å². The molecule has 10 heteroatoms. The molecule has 3 amide bonds. The summed E-state index contributed by atoms with van der Waals surface area (Å²) in [6.45, 7) is -0.807. The maximum atomic E-state index is 12.9. The molecule has 1 fully saturated rings. The third-order valence-corrected chi connectivity index (χ3v) is 4.42. The number of carbonyl (C=O) groups excluding carboxylic acids is 4. The number of amides is 3. The molecule has 3 rings (SSSR count). The van der Waals surface area contributed by atoms with Crippen LogP contribution in [0.5, 0.6) is 0 Å². The number of ether oxygens (including phenoxy) is 1. The van der Waals surface area contributed by atoms with Crippen LogP contribution in [0.25, 0.3) is 0 Å². The first-order valence-corrected chi connectivity index (χ1v) is 8.07. The lowest BCUT2D eigenvalue weighted by atomic mass is 10.1. The molecule has 0 spiro atoms. The van der Waals surface area contributed by atoms with Crippen molar-refractivity contribution >= 4 is 30.0 Å². The van der Waals surface area contributed by atoms with Gasteiger partial charge >= 0.3 is 12.0 Å². The van der Waals surface area contributed by atoms with Gasteiger partial charge in [-0.15, -0.1) is 0 Å². The largest absolute Gasteiger partial charge is 0.456 e. The molecule has 2 atom stereocenters. The smallest absolute Gasteiger partial charge is 0.328 e. The molecule has 2 aliphatic heterocycles. The fourth-order valence-corrected chi connectivity index (χ4v) is 2.90. The molecular weight excluding hydrogens is 359 g/mol. The van der Waals surface area contributed by atoms with E-state index in [1.54, 1.807) is 0 Å². The van der Waals surface area contributed by atoms with Crippen LogP contribution in [0, 0.1) is 5.82 Å². The molecule has 27 heavy (non-hydrogen) atoms. The van der Waals surface area contributed by atoms with E-state index in [0.29, 0.717) is 0 Å². The Bertz CT molecular complexity index is 825. The number of likely N-dealkylation sites (N-methyl/N-ethyl adjacent to an activating group) is 2. The van der Waals surface area contributed by atoms with E-state index in [1.807, 2.05) is 0 Å². The minimum absolute atomic E-state index is 0.219. The van der Waals surface area contributed by atoms with Gasteiger partial charge in [0.05, 0.1) is 6.34 Å². The number of nitrogens with zero attached hydrogens (tertiary/aromatic N) is 4. The maximum absolute atomic E-state index is 12.9. The summed E-state index contributed by atoms with van der Waals surface area (Å²) in [4.78, 5) is 56.0. The molecule has 1 aromatic rings. The Morgan fingerprint density at radius 1 is 1.19 bits per heavy atom. The number of hydrogen-bond donors (Lipinski definition) is 0. The molecule has 0 radical (unpaired) electrons. The Morgan fingerprint density at radius 3 is 2.52 bits per heavy atom. The predicted molar refractivity (Wildman–Crippen MR) is 90.4 cm³/mol. The number of hydrogen-bond acceptors (Lipinski definition) is 7. The van der Waals surface area contributed by atoms with Crippen LogP contribution < -0.4 is 0 Å². The van der Waals surface area contributed by atoms with E-state index < -0.39 is 48.3 Å². The molecular formula is C17H17FN4O5. The number of benzene rings is 1. The van der Waals surface area contributed by atoms with Gasteiger partial charge in [-0.05, 0) is 24.3 Å². The molecule has 1 saturated heterocycles. The van der Waals surface area contributed by atoms with E-state index >= 15 is 0 Å². The van der Waals surface area contributed by atoms with Crippen LogP contribution in [0.15, 0.2) is 29.3 Å². The molecule has 2 unspecified atom stereocenters. The van der Waals surface area contributed by atoms with Gasteiger partial charge in [0.2, 0.25) is 0 Å². The van der Waals surface area contributed by atoms with Crippen LogP contribution >= 0.6 is 0 Å². The van der Waals surface area contributed by atoms with Crippen molar-refractivity contribution in [3.63, 3.8) is 0 Å². The van der Waals surface area contributed by atoms with Gasteiger partial charge < -0.3 is 14.5 Å². The summed E-state index contributed by atoms with van der Waals surface area (Å²) in [6.07, 6.45) is 0.606. The second-order valence-electron chi connectivity index (χ2n) is 6.18. The van der Waals surface area contributed by atoms with Crippen molar-refractivity contribution in [2.45, 2.75) is 12.2 Å². The van der Waals surface area contributed by atoms with Gasteiger partial charge in [0.15, 0.2) is 24.6 Å². The molecule has 0 aliphatic carbocycles. The fraction of sp³-hybridized carbons (Fsp3) is 0.353. The summed E-state index contributed by atoms with van der Waals surface area (Å²) in [5.41, 5.74) is 0.219. The van der Waals surface area contributed by atoms with Gasteiger partial charge in [0, 0.05) is 19.7 Å². The van der Waals surface area contributed by atoms with Gasteiger partial charge in [-0.2, -0.15) is 0 Å². The minimum atomic E-state index is -0.821. The number of fused-ring (bicyclic) bond motifs is 1. The van der Waals surface area contributed by atoms with Crippen LogP contribution in [0.3, 0.4) is 0 Å². The third-order valence-electron chi connectivity index (χ3n) is 4.42. The van der Waals surface area contributed by atoms with Crippen LogP contribution in [0.4, 0.5) is 9.18 Å². The molecule has 0 bridgehead atoms. The van der Waals surface area contributed by atoms with E-state index in [-0.39, 0.29) is 12.1 Å². The van der Waals surface area contributed by atoms with Crippen molar-refractivity contribution in [3.8, 4) is 0 Å². The number of halogens is 1. The zero-order valence-electron chi connectivity index (χ0n) is 14.7. The quantitative estimate of drug-likeness (QED) is 0.534. The first-order valence-electron chi connectivity index (χ1n) is 8.07. The first-order chi connectivity index (χ1) is 12.8. The highest BCUT2D eigenvalue weighted by molar-refractivity contribution is 6.02. The van der Waals surface area contributed by atoms with Crippen molar-refractivity contribution in [2.75, 3.05) is 27.2 Å². The Labute approximate surface area is 154 Å². The summed E-state index contributed by atoms with van der Waals surface area (Å²) in [6, 6.07) is 3.57. The molecule has 0 aromatic heterocycles. The molecule has 2 aliphatic rings. The highest BCUT2D eigenvalue weighted by Crippen LogP contribution is 2.24. The third kappa shape index (κ3) is 3.50. The zero-order chi connectivity index (χ0) is 19.7. The molecule has 142 valence electrons. The number of ketones is 1. The van der Waals surface area contributed by atoms with E-state index in [9.17, 15) is 23.6 Å². The highest BCUT2D eigenvalue weighted by atomic mass is 19.1. The zero-order valence-corrected chi connectivity index (χ0v) is 14.7. The number of esters is 1. The standard InChI is InChI=1S/C17H17FN4O5/c1-20-15-14(16(25)21(2)17(20)26)22(9-19-15)7-13(24)27-8-12(23)10-3-5-11(18)6-4-10/h3-6,9,14-15H,7-8H2,1-2H3. The molecule has 0 N–H and O–H groups in total. The second-order valence-corrected chi connectivity index (χ2v) is 6.18. The lowest BCUT2D eigenvalue weighted by Gasteiger charge is -2.39. The Balaban J connectivity index is 1.57. The van der Waals surface area contributed by atoms with Crippen molar-refractivity contribution in [1.82, 2.24) is 14.7 Å². The second kappa shape index (κ2) is 7.14. The van der Waals surface area contributed by atoms with Gasteiger partial charge in [0.25, 0.3) is 5.91 Å². The van der Waals surface area contributed by atoms with Gasteiger partial charge in [-0.25, -0.2) is 14.2 Å². The van der Waals surface area contributed by atoms with E-state index in [0.717, 1.165) is 17.0 Å². The average molecular weight is 376 g/mol. The fourth-order valence-electron chi connectivity index (χ4n) is 2.90. The number of imide groups is 1. The summed E-state index contributed by atoms with van der Waals surface area (Å²) in [5.74, 6) is -2.16. The number of rotatable bonds is 5. The van der Waals surface area contributed by atoms with Crippen LogP contribution in [0.2, 0.25) is 0 Å². The molecule has 9 nitrogen and oxygen atoms in total. The lowest BCUT2D eigenvalue weighted by molar-refractivity contribution is -0.145. The Kier molecular flexibility index (Phi) is 4.89. The first kappa shape index (κ1) is 18.5. The summed E-state index contributed by atoms with van der Waals surface area (Å²) < 4.78 is 17.8. The minimum Gasteiger partial charge on any atom is -0.456 e. The number of aliphatic imine (C=N–C) groups is 1. The Hall–Kier alpha value is -3.30. The van der Waals surface area contributed by atoms with Crippen molar-refractivity contribution in [1.29, 1.82) is 0 Å². The normalized spacial score (nSPS) is 21.5.